The molecular formula is C58H94S4. The van der Waals surface area contributed by atoms with Crippen molar-refractivity contribution in [3.8, 4) is 29.3 Å². The summed E-state index contributed by atoms with van der Waals surface area (Å²) in [5, 5.41) is 0. The maximum atomic E-state index is 2.68. The highest BCUT2D eigenvalue weighted by Crippen LogP contribution is 2.49. The summed E-state index contributed by atoms with van der Waals surface area (Å²) in [6, 6.07) is 10.5. The van der Waals surface area contributed by atoms with Crippen LogP contribution in [0.25, 0.3) is 29.3 Å². The van der Waals surface area contributed by atoms with Gasteiger partial charge in [-0.15, -0.1) is 45.3 Å². The van der Waals surface area contributed by atoms with Gasteiger partial charge in [-0.25, -0.2) is 0 Å². The van der Waals surface area contributed by atoms with E-state index >= 15 is 0 Å². The van der Waals surface area contributed by atoms with Crippen LogP contribution in [-0.2, 0) is 25.7 Å². The molecule has 350 valence electrons. The second kappa shape index (κ2) is 33.3. The first-order valence-corrected chi connectivity index (χ1v) is 30.2. The lowest BCUT2D eigenvalue weighted by molar-refractivity contribution is 0.575. The van der Waals surface area contributed by atoms with Gasteiger partial charge in [-0.1, -0.05) is 207 Å². The quantitative estimate of drug-likeness (QED) is 0.0391. The average molecular weight is 920 g/mol. The van der Waals surface area contributed by atoms with Crippen LogP contribution in [0, 0.1) is 13.8 Å². The summed E-state index contributed by atoms with van der Waals surface area (Å²) < 4.78 is 0. The van der Waals surface area contributed by atoms with Gasteiger partial charge in [0, 0.05) is 39.0 Å². The monoisotopic (exact) mass is 919 g/mol. The zero-order valence-electron chi connectivity index (χ0n) is 41.4. The van der Waals surface area contributed by atoms with E-state index in [0.29, 0.717) is 0 Å². The molecule has 0 aliphatic rings. The van der Waals surface area contributed by atoms with Crippen molar-refractivity contribution >= 4 is 45.3 Å². The molecule has 0 radical (unpaired) electrons. The molecule has 0 saturated carbocycles. The number of thiophene rings is 4. The summed E-state index contributed by atoms with van der Waals surface area (Å²) in [5.41, 5.74) is 6.50. The molecule has 0 atom stereocenters. The third kappa shape index (κ3) is 20.1. The Morgan fingerprint density at radius 1 is 0.274 bits per heavy atom. The first-order valence-electron chi connectivity index (χ1n) is 26.9. The molecule has 0 bridgehead atoms. The fourth-order valence-electron chi connectivity index (χ4n) is 9.51. The van der Waals surface area contributed by atoms with Crippen molar-refractivity contribution in [2.45, 2.75) is 273 Å². The molecular weight excluding hydrogens is 825 g/mol. The van der Waals surface area contributed by atoms with Crippen LogP contribution in [-0.4, -0.2) is 0 Å². The van der Waals surface area contributed by atoms with Gasteiger partial charge in [0.1, 0.15) is 0 Å². The van der Waals surface area contributed by atoms with Gasteiger partial charge in [0.15, 0.2) is 0 Å². The minimum atomic E-state index is 1.22. The van der Waals surface area contributed by atoms with Gasteiger partial charge in [0.05, 0.1) is 0 Å². The lowest BCUT2D eigenvalue weighted by Crippen LogP contribution is -1.88. The number of rotatable bonds is 39. The third-order valence-electron chi connectivity index (χ3n) is 13.4. The molecule has 0 N–H and O–H groups in total. The Bertz CT molecular complexity index is 1690. The molecule has 0 unspecified atom stereocenters. The molecule has 4 aromatic heterocycles. The zero-order valence-corrected chi connectivity index (χ0v) is 44.7. The van der Waals surface area contributed by atoms with Crippen molar-refractivity contribution in [2.75, 3.05) is 0 Å². The maximum Gasteiger partial charge on any atom is 0.0481 e. The lowest BCUT2D eigenvalue weighted by atomic mass is 10.0. The summed E-state index contributed by atoms with van der Waals surface area (Å²) in [6.45, 7) is 14.1. The lowest BCUT2D eigenvalue weighted by Gasteiger charge is -2.04. The number of hydrogen-bond acceptors (Lipinski definition) is 4. The highest BCUT2D eigenvalue weighted by molar-refractivity contribution is 7.28. The Hall–Kier alpha value is -1.20. The topological polar surface area (TPSA) is 0 Å². The maximum absolute atomic E-state index is 2.68. The normalized spacial score (nSPS) is 11.8. The molecule has 4 rings (SSSR count). The van der Waals surface area contributed by atoms with Gasteiger partial charge >= 0.3 is 0 Å². The van der Waals surface area contributed by atoms with Crippen LogP contribution < -0.4 is 0 Å². The van der Waals surface area contributed by atoms with E-state index in [2.05, 4.69) is 111 Å². The number of unbranched alkanes of at least 4 members (excludes halogenated alkanes) is 28. The van der Waals surface area contributed by atoms with E-state index < -0.39 is 0 Å². The zero-order chi connectivity index (χ0) is 44.0. The van der Waals surface area contributed by atoms with Crippen molar-refractivity contribution in [1.29, 1.82) is 0 Å². The van der Waals surface area contributed by atoms with E-state index in [4.69, 9.17) is 0 Å². The minimum absolute atomic E-state index is 1.22. The summed E-state index contributed by atoms with van der Waals surface area (Å²) in [6.07, 6.45) is 49.4. The van der Waals surface area contributed by atoms with Crippen LogP contribution in [0.15, 0.2) is 24.3 Å². The summed E-state index contributed by atoms with van der Waals surface area (Å²) >= 11 is 8.44. The van der Waals surface area contributed by atoms with Gasteiger partial charge in [-0.05, 0) is 112 Å². The standard InChI is InChI=1S/C58H94S4/c1-7-11-15-19-23-27-31-35-39-49-44-53(60-48(49)6)57-51(41-37-33-29-25-21-17-13-9-3)46-55(62-57)58-52(42-38-34-30-26-22-18-14-10-4)45-54(61-58)56-50(43-47(5)59-56)40-36-32-28-24-20-16-12-8-2/h43-46H,7-42H2,1-6H3. The van der Waals surface area contributed by atoms with Gasteiger partial charge in [-0.2, -0.15) is 0 Å². The van der Waals surface area contributed by atoms with E-state index in [-0.39, 0.29) is 0 Å². The van der Waals surface area contributed by atoms with E-state index in [1.165, 1.54) is 236 Å². The summed E-state index contributed by atoms with van der Waals surface area (Å²) in [4.78, 5) is 12.4. The molecule has 4 heterocycles. The van der Waals surface area contributed by atoms with Crippen LogP contribution in [0.5, 0.6) is 0 Å². The second-order valence-electron chi connectivity index (χ2n) is 19.2. The Kier molecular flexibility index (Phi) is 28.7. The predicted molar refractivity (Wildman–Crippen MR) is 289 cm³/mol. The Morgan fingerprint density at radius 3 is 0.887 bits per heavy atom. The molecule has 0 fully saturated rings. The smallest absolute Gasteiger partial charge is 0.0481 e. The van der Waals surface area contributed by atoms with E-state index in [0.717, 1.165) is 0 Å². The predicted octanol–water partition coefficient (Wildman–Crippen LogP) is 22.3. The molecule has 0 aliphatic heterocycles. The van der Waals surface area contributed by atoms with Gasteiger partial charge in [0.25, 0.3) is 0 Å². The summed E-state index contributed by atoms with van der Waals surface area (Å²) in [7, 11) is 0. The fourth-order valence-corrected chi connectivity index (χ4v) is 14.5. The average Bonchev–Trinajstić information content (AvgIpc) is 4.07. The van der Waals surface area contributed by atoms with Crippen molar-refractivity contribution in [2.24, 2.45) is 0 Å². The van der Waals surface area contributed by atoms with Crippen LogP contribution in [0.1, 0.15) is 265 Å². The molecule has 0 saturated heterocycles. The largest absolute Gasteiger partial charge is 0.139 e. The van der Waals surface area contributed by atoms with Crippen molar-refractivity contribution in [3.63, 3.8) is 0 Å². The highest BCUT2D eigenvalue weighted by Gasteiger charge is 2.21. The van der Waals surface area contributed by atoms with Gasteiger partial charge in [0.2, 0.25) is 0 Å². The molecule has 0 amide bonds. The van der Waals surface area contributed by atoms with Crippen LogP contribution >= 0.6 is 45.3 Å². The van der Waals surface area contributed by atoms with Crippen molar-refractivity contribution in [3.05, 3.63) is 56.3 Å². The van der Waals surface area contributed by atoms with Crippen LogP contribution in [0.3, 0.4) is 0 Å². The third-order valence-corrected chi connectivity index (χ3v) is 18.5. The fraction of sp³-hybridized carbons (Fsp3) is 0.724. The van der Waals surface area contributed by atoms with E-state index in [9.17, 15) is 0 Å². The molecule has 0 aromatic carbocycles. The van der Waals surface area contributed by atoms with Gasteiger partial charge in [-0.3, -0.25) is 0 Å². The second-order valence-corrected chi connectivity index (χ2v) is 23.9. The molecule has 0 aliphatic carbocycles. The molecule has 4 aromatic rings. The van der Waals surface area contributed by atoms with E-state index in [1.54, 1.807) is 56.4 Å². The molecule has 4 heteroatoms. The number of aryl methyl sites for hydroxylation is 6. The Morgan fingerprint density at radius 2 is 0.532 bits per heavy atom. The minimum Gasteiger partial charge on any atom is -0.139 e. The molecule has 62 heavy (non-hydrogen) atoms. The number of hydrogen-bond donors (Lipinski definition) is 0. The van der Waals surface area contributed by atoms with Crippen molar-refractivity contribution in [1.82, 2.24) is 0 Å². The highest BCUT2D eigenvalue weighted by atomic mass is 32.1. The van der Waals surface area contributed by atoms with Crippen LogP contribution in [0.2, 0.25) is 0 Å². The first-order chi connectivity index (χ1) is 30.5. The SMILES string of the molecule is CCCCCCCCCCc1cc(-c2sc(-c3sc(-c4sc(C)cc4CCCCCCCCCC)cc3CCCCCCCCCC)cc2CCCCCCCCCC)sc1C. The Balaban J connectivity index is 1.56. The molecule has 0 spiro atoms. The van der Waals surface area contributed by atoms with E-state index in [1.807, 2.05) is 0 Å². The van der Waals surface area contributed by atoms with Crippen LogP contribution in [0.4, 0.5) is 0 Å². The van der Waals surface area contributed by atoms with Crippen molar-refractivity contribution < 1.29 is 0 Å². The first kappa shape index (κ1) is 53.4. The summed E-state index contributed by atoms with van der Waals surface area (Å²) in [5.74, 6) is 0. The molecule has 0 nitrogen and oxygen atoms in total. The van der Waals surface area contributed by atoms with Gasteiger partial charge < -0.3 is 0 Å². The Labute approximate surface area is 400 Å².